The number of carbonyl (C=O) groups excluding carboxylic acids is 2. The van der Waals surface area contributed by atoms with E-state index in [0.717, 1.165) is 11.1 Å². The summed E-state index contributed by atoms with van der Waals surface area (Å²) in [4.78, 5) is 23.0. The SMILES string of the molecule is COC(=O)C(C)C(=O)Cc1ccc(C)c(C)c1. The predicted octanol–water partition coefficient (Wildman–Crippen LogP) is 2.22. The zero-order chi connectivity index (χ0) is 13.0. The van der Waals surface area contributed by atoms with Crippen molar-refractivity contribution in [2.24, 2.45) is 5.92 Å². The molecule has 92 valence electrons. The highest BCUT2D eigenvalue weighted by Gasteiger charge is 2.21. The van der Waals surface area contributed by atoms with Gasteiger partial charge >= 0.3 is 5.97 Å². The van der Waals surface area contributed by atoms with Crippen LogP contribution in [0.2, 0.25) is 0 Å². The molecule has 1 aromatic carbocycles. The first kappa shape index (κ1) is 13.4. The number of Topliss-reactive ketones (excluding diaryl/α,β-unsaturated/α-hetero) is 1. The second kappa shape index (κ2) is 5.62. The first-order valence-corrected chi connectivity index (χ1v) is 5.62. The monoisotopic (exact) mass is 234 g/mol. The van der Waals surface area contributed by atoms with Crippen molar-refractivity contribution in [2.75, 3.05) is 7.11 Å². The number of ketones is 1. The van der Waals surface area contributed by atoms with Crippen LogP contribution in [0, 0.1) is 19.8 Å². The van der Waals surface area contributed by atoms with E-state index >= 15 is 0 Å². The van der Waals surface area contributed by atoms with Crippen LogP contribution in [0.15, 0.2) is 18.2 Å². The van der Waals surface area contributed by atoms with Gasteiger partial charge in [-0.25, -0.2) is 0 Å². The summed E-state index contributed by atoms with van der Waals surface area (Å²) in [5.41, 5.74) is 3.29. The summed E-state index contributed by atoms with van der Waals surface area (Å²) in [5, 5.41) is 0. The molecule has 0 aromatic heterocycles. The molecule has 0 N–H and O–H groups in total. The van der Waals surface area contributed by atoms with Crippen LogP contribution in [0.1, 0.15) is 23.6 Å². The Morgan fingerprint density at radius 3 is 2.41 bits per heavy atom. The van der Waals surface area contributed by atoms with E-state index in [1.54, 1.807) is 6.92 Å². The van der Waals surface area contributed by atoms with E-state index in [4.69, 9.17) is 0 Å². The molecular formula is C14H18O3. The van der Waals surface area contributed by atoms with Gasteiger partial charge in [-0.15, -0.1) is 0 Å². The van der Waals surface area contributed by atoms with Crippen molar-refractivity contribution in [1.29, 1.82) is 0 Å². The van der Waals surface area contributed by atoms with Crippen molar-refractivity contribution in [2.45, 2.75) is 27.2 Å². The number of methoxy groups -OCH3 is 1. The second-order valence-electron chi connectivity index (χ2n) is 4.31. The Hall–Kier alpha value is -1.64. The van der Waals surface area contributed by atoms with Gasteiger partial charge in [-0.05, 0) is 37.5 Å². The fourth-order valence-electron chi connectivity index (χ4n) is 1.58. The van der Waals surface area contributed by atoms with Crippen molar-refractivity contribution in [3.8, 4) is 0 Å². The zero-order valence-electron chi connectivity index (χ0n) is 10.7. The van der Waals surface area contributed by atoms with Gasteiger partial charge in [0, 0.05) is 6.42 Å². The van der Waals surface area contributed by atoms with E-state index in [9.17, 15) is 9.59 Å². The average molecular weight is 234 g/mol. The lowest BCUT2D eigenvalue weighted by Crippen LogP contribution is -2.23. The molecule has 0 fully saturated rings. The van der Waals surface area contributed by atoms with Crippen molar-refractivity contribution < 1.29 is 14.3 Å². The number of rotatable bonds is 4. The average Bonchev–Trinajstić information content (AvgIpc) is 2.31. The Balaban J connectivity index is 2.74. The molecule has 0 heterocycles. The molecular weight excluding hydrogens is 216 g/mol. The highest BCUT2D eigenvalue weighted by molar-refractivity contribution is 5.99. The third-order valence-corrected chi connectivity index (χ3v) is 2.99. The van der Waals surface area contributed by atoms with Crippen molar-refractivity contribution in [3.63, 3.8) is 0 Å². The van der Waals surface area contributed by atoms with E-state index in [2.05, 4.69) is 4.74 Å². The van der Waals surface area contributed by atoms with Gasteiger partial charge in [0.15, 0.2) is 5.78 Å². The molecule has 1 unspecified atom stereocenters. The minimum Gasteiger partial charge on any atom is -0.468 e. The van der Waals surface area contributed by atoms with Gasteiger partial charge < -0.3 is 4.74 Å². The summed E-state index contributed by atoms with van der Waals surface area (Å²) in [6, 6.07) is 5.89. The van der Waals surface area contributed by atoms with Crippen LogP contribution in [0.4, 0.5) is 0 Å². The molecule has 0 aliphatic heterocycles. The molecule has 0 radical (unpaired) electrons. The van der Waals surface area contributed by atoms with Gasteiger partial charge in [-0.1, -0.05) is 18.2 Å². The Bertz CT molecular complexity index is 435. The van der Waals surface area contributed by atoms with Crippen LogP contribution in [0.5, 0.6) is 0 Å². The fraction of sp³-hybridized carbons (Fsp3) is 0.429. The van der Waals surface area contributed by atoms with E-state index in [1.165, 1.54) is 12.7 Å². The summed E-state index contributed by atoms with van der Waals surface area (Å²) >= 11 is 0. The largest absolute Gasteiger partial charge is 0.468 e. The Kier molecular flexibility index (Phi) is 4.44. The van der Waals surface area contributed by atoms with E-state index in [-0.39, 0.29) is 12.2 Å². The number of hydrogen-bond acceptors (Lipinski definition) is 3. The van der Waals surface area contributed by atoms with E-state index < -0.39 is 11.9 Å². The van der Waals surface area contributed by atoms with Gasteiger partial charge in [0.25, 0.3) is 0 Å². The third-order valence-electron chi connectivity index (χ3n) is 2.99. The lowest BCUT2D eigenvalue weighted by Gasteiger charge is -2.09. The van der Waals surface area contributed by atoms with Crippen molar-refractivity contribution in [1.82, 2.24) is 0 Å². The molecule has 17 heavy (non-hydrogen) atoms. The molecule has 0 spiro atoms. The first-order valence-electron chi connectivity index (χ1n) is 5.62. The standard InChI is InChI=1S/C14H18O3/c1-9-5-6-12(7-10(9)2)8-13(15)11(3)14(16)17-4/h5-7,11H,8H2,1-4H3. The molecule has 3 nitrogen and oxygen atoms in total. The Labute approximate surface area is 102 Å². The molecule has 1 aromatic rings. The van der Waals surface area contributed by atoms with Crippen LogP contribution < -0.4 is 0 Å². The minimum absolute atomic E-state index is 0.111. The summed E-state index contributed by atoms with van der Waals surface area (Å²) in [5.74, 6) is -1.28. The fourth-order valence-corrected chi connectivity index (χ4v) is 1.58. The van der Waals surface area contributed by atoms with Crippen LogP contribution in [-0.4, -0.2) is 18.9 Å². The number of esters is 1. The second-order valence-corrected chi connectivity index (χ2v) is 4.31. The van der Waals surface area contributed by atoms with Crippen LogP contribution in [0.3, 0.4) is 0 Å². The molecule has 1 rings (SSSR count). The number of hydrogen-bond donors (Lipinski definition) is 0. The predicted molar refractivity (Wildman–Crippen MR) is 65.8 cm³/mol. The summed E-state index contributed by atoms with van der Waals surface area (Å²) < 4.78 is 4.55. The van der Waals surface area contributed by atoms with Gasteiger partial charge in [0.05, 0.1) is 7.11 Å². The molecule has 0 bridgehead atoms. The van der Waals surface area contributed by atoms with Gasteiger partial charge in [0.1, 0.15) is 5.92 Å². The highest BCUT2D eigenvalue weighted by Crippen LogP contribution is 2.12. The Morgan fingerprint density at radius 1 is 1.24 bits per heavy atom. The third kappa shape index (κ3) is 3.41. The maximum Gasteiger partial charge on any atom is 0.315 e. The van der Waals surface area contributed by atoms with Crippen LogP contribution in [-0.2, 0) is 20.7 Å². The van der Waals surface area contributed by atoms with Crippen molar-refractivity contribution in [3.05, 3.63) is 34.9 Å². The molecule has 0 saturated heterocycles. The highest BCUT2D eigenvalue weighted by atomic mass is 16.5. The molecule has 3 heteroatoms. The quantitative estimate of drug-likeness (QED) is 0.592. The van der Waals surface area contributed by atoms with Crippen molar-refractivity contribution >= 4 is 11.8 Å². The molecule has 0 amide bonds. The van der Waals surface area contributed by atoms with Gasteiger partial charge in [0.2, 0.25) is 0 Å². The summed E-state index contributed by atoms with van der Waals surface area (Å²) in [6.45, 7) is 5.61. The van der Waals surface area contributed by atoms with E-state index in [1.807, 2.05) is 32.0 Å². The van der Waals surface area contributed by atoms with Gasteiger partial charge in [-0.2, -0.15) is 0 Å². The number of aryl methyl sites for hydroxylation is 2. The number of benzene rings is 1. The summed E-state index contributed by atoms with van der Waals surface area (Å²) in [7, 11) is 1.29. The first-order chi connectivity index (χ1) is 7.95. The zero-order valence-corrected chi connectivity index (χ0v) is 10.7. The Morgan fingerprint density at radius 2 is 1.88 bits per heavy atom. The minimum atomic E-state index is -0.693. The van der Waals surface area contributed by atoms with E-state index in [0.29, 0.717) is 0 Å². The lowest BCUT2D eigenvalue weighted by molar-refractivity contribution is -0.148. The smallest absolute Gasteiger partial charge is 0.315 e. The molecule has 0 aliphatic rings. The number of ether oxygens (including phenoxy) is 1. The normalized spacial score (nSPS) is 12.0. The van der Waals surface area contributed by atoms with Gasteiger partial charge in [-0.3, -0.25) is 9.59 Å². The molecule has 0 aliphatic carbocycles. The topological polar surface area (TPSA) is 43.4 Å². The van der Waals surface area contributed by atoms with Crippen LogP contribution >= 0.6 is 0 Å². The lowest BCUT2D eigenvalue weighted by atomic mass is 9.97. The maximum atomic E-state index is 11.8. The maximum absolute atomic E-state index is 11.8. The molecule has 1 atom stereocenters. The molecule has 0 saturated carbocycles. The number of carbonyl (C=O) groups is 2. The summed E-state index contributed by atoms with van der Waals surface area (Å²) in [6.07, 6.45) is 0.275. The van der Waals surface area contributed by atoms with Crippen LogP contribution in [0.25, 0.3) is 0 Å².